The van der Waals surface area contributed by atoms with Gasteiger partial charge in [0.1, 0.15) is 0 Å². The van der Waals surface area contributed by atoms with E-state index in [0.717, 1.165) is 17.8 Å². The molecule has 2 N–H and O–H groups in total. The van der Waals surface area contributed by atoms with Crippen LogP contribution in [0.4, 0.5) is 20.2 Å². The van der Waals surface area contributed by atoms with Crippen LogP contribution in [0.2, 0.25) is 0 Å². The summed E-state index contributed by atoms with van der Waals surface area (Å²) < 4.78 is 26.0. The van der Waals surface area contributed by atoms with E-state index in [4.69, 9.17) is 0 Å². The topological polar surface area (TPSA) is 61.4 Å². The van der Waals surface area contributed by atoms with Gasteiger partial charge in [0, 0.05) is 24.5 Å². The number of carbonyl (C=O) groups excluding carboxylic acids is 2. The number of nitrogens with zero attached hydrogens (tertiary/aromatic N) is 1. The highest BCUT2D eigenvalue weighted by molar-refractivity contribution is 5.95. The zero-order valence-electron chi connectivity index (χ0n) is 16.5. The number of nitrogens with one attached hydrogen (secondary N) is 2. The summed E-state index contributed by atoms with van der Waals surface area (Å²) in [6.07, 6.45) is 0. The molecular weight excluding hydrogens is 364 g/mol. The van der Waals surface area contributed by atoms with Crippen LogP contribution in [-0.4, -0.2) is 32.0 Å². The van der Waals surface area contributed by atoms with Crippen molar-refractivity contribution in [1.29, 1.82) is 0 Å². The van der Waals surface area contributed by atoms with Gasteiger partial charge in [0.15, 0.2) is 11.6 Å². The first-order valence-corrected chi connectivity index (χ1v) is 8.89. The maximum Gasteiger partial charge on any atom is 0.243 e. The third-order valence-corrected chi connectivity index (χ3v) is 4.20. The first-order chi connectivity index (χ1) is 13.1. The lowest BCUT2D eigenvalue weighted by Crippen LogP contribution is -2.39. The lowest BCUT2D eigenvalue weighted by molar-refractivity contribution is -0.123. The van der Waals surface area contributed by atoms with Crippen molar-refractivity contribution in [2.75, 3.05) is 30.4 Å². The van der Waals surface area contributed by atoms with E-state index < -0.39 is 17.5 Å². The van der Waals surface area contributed by atoms with Gasteiger partial charge in [-0.3, -0.25) is 9.59 Å². The van der Waals surface area contributed by atoms with Crippen LogP contribution >= 0.6 is 0 Å². The first-order valence-electron chi connectivity index (χ1n) is 8.89. The number of anilines is 2. The Morgan fingerprint density at radius 2 is 1.61 bits per heavy atom. The van der Waals surface area contributed by atoms with Gasteiger partial charge >= 0.3 is 0 Å². The highest BCUT2D eigenvalue weighted by Gasteiger charge is 2.14. The Labute approximate surface area is 163 Å². The zero-order valence-corrected chi connectivity index (χ0v) is 16.5. The van der Waals surface area contributed by atoms with Crippen LogP contribution in [0.3, 0.4) is 0 Å². The molecule has 5 nitrogen and oxygen atoms in total. The lowest BCUT2D eigenvalue weighted by Gasteiger charge is -2.22. The molecule has 0 spiro atoms. The molecule has 0 aliphatic heterocycles. The second kappa shape index (κ2) is 8.82. The van der Waals surface area contributed by atoms with Crippen molar-refractivity contribution >= 4 is 23.2 Å². The van der Waals surface area contributed by atoms with Crippen LogP contribution in [-0.2, 0) is 15.0 Å². The van der Waals surface area contributed by atoms with Gasteiger partial charge in [-0.25, -0.2) is 8.78 Å². The molecule has 0 bridgehead atoms. The van der Waals surface area contributed by atoms with Crippen molar-refractivity contribution in [3.8, 4) is 0 Å². The molecule has 0 saturated carbocycles. The molecule has 2 rings (SSSR count). The molecule has 0 aliphatic rings. The van der Waals surface area contributed by atoms with Crippen LogP contribution in [0.5, 0.6) is 0 Å². The maximum absolute atomic E-state index is 13.1. The molecule has 2 aromatic rings. The highest BCUT2D eigenvalue weighted by atomic mass is 19.2. The predicted molar refractivity (Wildman–Crippen MR) is 106 cm³/mol. The largest absolute Gasteiger partial charge is 0.365 e. The minimum absolute atomic E-state index is 0.0509. The Balaban J connectivity index is 1.82. The standard InChI is InChI=1S/C21H25F2N3O2/c1-21(2,3)14-5-8-16(9-6-14)26(4)13-20(28)24-12-19(27)25-15-7-10-17(22)18(23)11-15/h5-11H,12-13H2,1-4H3,(H,24,28)(H,25,27). The van der Waals surface area contributed by atoms with Crippen LogP contribution in [0.15, 0.2) is 42.5 Å². The summed E-state index contributed by atoms with van der Waals surface area (Å²) in [6.45, 7) is 6.20. The van der Waals surface area contributed by atoms with Crippen LogP contribution < -0.4 is 15.5 Å². The molecule has 0 heterocycles. The van der Waals surface area contributed by atoms with E-state index in [0.29, 0.717) is 0 Å². The van der Waals surface area contributed by atoms with E-state index in [1.165, 1.54) is 11.6 Å². The van der Waals surface area contributed by atoms with Crippen LogP contribution in [0, 0.1) is 11.6 Å². The second-order valence-corrected chi connectivity index (χ2v) is 7.61. The number of amides is 2. The fourth-order valence-corrected chi connectivity index (χ4v) is 2.54. The van der Waals surface area contributed by atoms with Gasteiger partial charge in [0.05, 0.1) is 13.1 Å². The molecule has 28 heavy (non-hydrogen) atoms. The van der Waals surface area contributed by atoms with Crippen molar-refractivity contribution in [2.24, 2.45) is 0 Å². The maximum atomic E-state index is 13.1. The molecule has 0 unspecified atom stereocenters. The fourth-order valence-electron chi connectivity index (χ4n) is 2.54. The van der Waals surface area contributed by atoms with Crippen molar-refractivity contribution in [2.45, 2.75) is 26.2 Å². The number of carbonyl (C=O) groups is 2. The average molecular weight is 389 g/mol. The average Bonchev–Trinajstić information content (AvgIpc) is 2.62. The summed E-state index contributed by atoms with van der Waals surface area (Å²) in [5.74, 6) is -2.91. The number of hydrogen-bond acceptors (Lipinski definition) is 3. The van der Waals surface area contributed by atoms with E-state index in [1.54, 1.807) is 11.9 Å². The van der Waals surface area contributed by atoms with Crippen molar-refractivity contribution < 1.29 is 18.4 Å². The number of rotatable bonds is 6. The second-order valence-electron chi connectivity index (χ2n) is 7.61. The van der Waals surface area contributed by atoms with E-state index in [-0.39, 0.29) is 30.1 Å². The molecule has 150 valence electrons. The SMILES string of the molecule is CN(CC(=O)NCC(=O)Nc1ccc(F)c(F)c1)c1ccc(C(C)(C)C)cc1. The van der Waals surface area contributed by atoms with Crippen molar-refractivity contribution in [1.82, 2.24) is 5.32 Å². The number of benzene rings is 2. The quantitative estimate of drug-likeness (QED) is 0.796. The third kappa shape index (κ3) is 6.04. The molecule has 0 aliphatic carbocycles. The van der Waals surface area contributed by atoms with E-state index in [9.17, 15) is 18.4 Å². The van der Waals surface area contributed by atoms with E-state index >= 15 is 0 Å². The van der Waals surface area contributed by atoms with Gasteiger partial charge in [-0.15, -0.1) is 0 Å². The molecular formula is C21H25F2N3O2. The lowest BCUT2D eigenvalue weighted by atomic mass is 9.87. The number of likely N-dealkylation sites (N-methyl/N-ethyl adjacent to an activating group) is 1. The molecule has 0 saturated heterocycles. The Morgan fingerprint density at radius 1 is 0.964 bits per heavy atom. The van der Waals surface area contributed by atoms with Crippen LogP contribution in [0.1, 0.15) is 26.3 Å². The van der Waals surface area contributed by atoms with Crippen LogP contribution in [0.25, 0.3) is 0 Å². The summed E-state index contributed by atoms with van der Waals surface area (Å²) >= 11 is 0. The van der Waals surface area contributed by atoms with Gasteiger partial charge in [-0.2, -0.15) is 0 Å². The Bertz CT molecular complexity index is 846. The molecule has 0 radical (unpaired) electrons. The smallest absolute Gasteiger partial charge is 0.243 e. The van der Waals surface area contributed by atoms with E-state index in [2.05, 4.69) is 31.4 Å². The summed E-state index contributed by atoms with van der Waals surface area (Å²) in [6, 6.07) is 11.0. The third-order valence-electron chi connectivity index (χ3n) is 4.20. The Kier molecular flexibility index (Phi) is 6.72. The molecule has 2 aromatic carbocycles. The zero-order chi connectivity index (χ0) is 20.9. The molecule has 0 aromatic heterocycles. The summed E-state index contributed by atoms with van der Waals surface area (Å²) in [7, 11) is 1.78. The van der Waals surface area contributed by atoms with Gasteiger partial charge in [0.25, 0.3) is 0 Å². The van der Waals surface area contributed by atoms with Gasteiger partial charge in [-0.05, 0) is 35.2 Å². The molecule has 2 amide bonds. The fraction of sp³-hybridized carbons (Fsp3) is 0.333. The summed E-state index contributed by atoms with van der Waals surface area (Å²) in [4.78, 5) is 25.7. The van der Waals surface area contributed by atoms with Gasteiger partial charge < -0.3 is 15.5 Å². The Morgan fingerprint density at radius 3 is 2.18 bits per heavy atom. The summed E-state index contributed by atoms with van der Waals surface area (Å²) in [5.41, 5.74) is 2.25. The molecule has 7 heteroatoms. The predicted octanol–water partition coefficient (Wildman–Crippen LogP) is 3.45. The minimum atomic E-state index is -1.05. The highest BCUT2D eigenvalue weighted by Crippen LogP contribution is 2.24. The molecule has 0 fully saturated rings. The number of hydrogen-bond donors (Lipinski definition) is 2. The van der Waals surface area contributed by atoms with Gasteiger partial charge in [0.2, 0.25) is 11.8 Å². The number of halogens is 2. The Hall–Kier alpha value is -2.96. The van der Waals surface area contributed by atoms with Crippen molar-refractivity contribution in [3.05, 3.63) is 59.7 Å². The first kappa shape index (κ1) is 21.3. The normalized spacial score (nSPS) is 11.1. The molecule has 0 atom stereocenters. The van der Waals surface area contributed by atoms with Gasteiger partial charge in [-0.1, -0.05) is 32.9 Å². The van der Waals surface area contributed by atoms with E-state index in [1.807, 2.05) is 24.3 Å². The van der Waals surface area contributed by atoms with Crippen molar-refractivity contribution in [3.63, 3.8) is 0 Å². The monoisotopic (exact) mass is 389 g/mol. The minimum Gasteiger partial charge on any atom is -0.365 e. The summed E-state index contributed by atoms with van der Waals surface area (Å²) in [5, 5.41) is 4.90.